The molecule has 0 aromatic carbocycles. The Labute approximate surface area is 273 Å². The first-order chi connectivity index (χ1) is 22.4. The Hall–Kier alpha value is -2.76. The summed E-state index contributed by atoms with van der Waals surface area (Å²) in [7, 11) is -2.99. The second-order valence-corrected chi connectivity index (χ2v) is 14.6. The van der Waals surface area contributed by atoms with Crippen LogP contribution in [0.4, 0.5) is 5.95 Å². The van der Waals surface area contributed by atoms with Gasteiger partial charge in [0.05, 0.1) is 32.2 Å². The number of ether oxygens (including phenoxy) is 3. The standard InChI is InChI=1S/C29H46N7O10P/c1-17(14-37)36(46-20-12-8-9-13-20)47(41,34-18(2)26(39)44-19-10-6-5-7-11-19)43-15-21-23(38)29(3,40)27(45-21)35-16-31-22-24(35)32-28(30)33-25(22)42-4/h14,16-21,23,27,38,40H,5-13,15H2,1-4H3,(H,34,41)(H2,30,32,33)/t17-,18-,21+,23+,27+,29+,47?/m0/s1. The van der Waals surface area contributed by atoms with Gasteiger partial charge in [-0.1, -0.05) is 24.1 Å². The molecule has 0 radical (unpaired) electrons. The molecule has 1 unspecified atom stereocenters. The molecule has 2 aliphatic carbocycles. The van der Waals surface area contributed by atoms with Gasteiger partial charge in [-0.05, 0) is 59.3 Å². The highest BCUT2D eigenvalue weighted by Gasteiger charge is 2.54. The lowest BCUT2D eigenvalue weighted by molar-refractivity contribution is -0.166. The number of nitrogens with two attached hydrogens (primary N) is 1. The number of hydroxylamine groups is 1. The Morgan fingerprint density at radius 1 is 1.21 bits per heavy atom. The SMILES string of the molecule is COc1nc(N)nc2c1ncn2[C@@H]1O[C@H](COP(=O)(N[C@@H](C)C(=O)OC2CCCCC2)N(OC2CCCC2)[C@@H](C)C=O)[C@@H](O)[C@@]1(C)O. The van der Waals surface area contributed by atoms with Crippen molar-refractivity contribution in [2.45, 2.75) is 127 Å². The molecule has 2 saturated carbocycles. The molecule has 5 rings (SSSR count). The fraction of sp³-hybridized carbons (Fsp3) is 0.759. The molecule has 5 N–H and O–H groups in total. The van der Waals surface area contributed by atoms with Crippen molar-refractivity contribution < 1.29 is 47.9 Å². The van der Waals surface area contributed by atoms with Gasteiger partial charge in [0.2, 0.25) is 11.8 Å². The number of esters is 1. The fourth-order valence-electron chi connectivity index (χ4n) is 6.27. The molecule has 1 aliphatic heterocycles. The number of hydrogen-bond donors (Lipinski definition) is 4. The Morgan fingerprint density at radius 3 is 2.53 bits per heavy atom. The van der Waals surface area contributed by atoms with E-state index >= 15 is 0 Å². The number of nitrogens with zero attached hydrogens (tertiary/aromatic N) is 5. The first-order valence-electron chi connectivity index (χ1n) is 16.1. The number of carbonyl (C=O) groups is 2. The molecule has 0 spiro atoms. The summed E-state index contributed by atoms with van der Waals surface area (Å²) >= 11 is 0. The first kappa shape index (κ1) is 35.5. The zero-order valence-corrected chi connectivity index (χ0v) is 28.1. The Balaban J connectivity index is 1.39. The highest BCUT2D eigenvalue weighted by molar-refractivity contribution is 7.54. The van der Waals surface area contributed by atoms with E-state index in [4.69, 9.17) is 29.3 Å². The van der Waals surface area contributed by atoms with Gasteiger partial charge in [0.25, 0.3) is 0 Å². The summed E-state index contributed by atoms with van der Waals surface area (Å²) in [5, 5.41) is 25.4. The second-order valence-electron chi connectivity index (χ2n) is 12.7. The largest absolute Gasteiger partial charge is 0.479 e. The molecule has 3 aliphatic rings. The van der Waals surface area contributed by atoms with E-state index in [1.54, 1.807) is 0 Å². The van der Waals surface area contributed by atoms with Gasteiger partial charge in [-0.25, -0.2) is 10.1 Å². The monoisotopic (exact) mass is 683 g/mol. The lowest BCUT2D eigenvalue weighted by Crippen LogP contribution is -2.46. The number of methoxy groups -OCH3 is 1. The van der Waals surface area contributed by atoms with E-state index in [0.717, 1.165) is 49.8 Å². The smallest absolute Gasteiger partial charge is 0.367 e. The number of hydrogen-bond acceptors (Lipinski definition) is 14. The van der Waals surface area contributed by atoms with Crippen LogP contribution in [0.5, 0.6) is 5.88 Å². The van der Waals surface area contributed by atoms with Crippen molar-refractivity contribution in [1.82, 2.24) is 29.4 Å². The number of nitrogen functional groups attached to an aromatic ring is 1. The summed E-state index contributed by atoms with van der Waals surface area (Å²) in [6.45, 7) is 3.82. The molecule has 0 bridgehead atoms. The van der Waals surface area contributed by atoms with Crippen molar-refractivity contribution in [3.05, 3.63) is 6.33 Å². The van der Waals surface area contributed by atoms with E-state index in [1.807, 2.05) is 0 Å². The molecule has 262 valence electrons. The Bertz CT molecular complexity index is 1450. The van der Waals surface area contributed by atoms with Crippen LogP contribution in [-0.4, -0.2) is 103 Å². The number of aldehydes is 1. The van der Waals surface area contributed by atoms with Gasteiger partial charge in [-0.3, -0.25) is 18.8 Å². The molecule has 2 aromatic heterocycles. The van der Waals surface area contributed by atoms with Gasteiger partial charge in [0.15, 0.2) is 17.4 Å². The molecule has 18 heteroatoms. The van der Waals surface area contributed by atoms with Crippen molar-refractivity contribution in [2.75, 3.05) is 19.5 Å². The third-order valence-electron chi connectivity index (χ3n) is 8.93. The quantitative estimate of drug-likeness (QED) is 0.0969. The number of anilines is 1. The minimum Gasteiger partial charge on any atom is -0.479 e. The number of aliphatic hydroxyl groups excluding tert-OH is 1. The van der Waals surface area contributed by atoms with E-state index in [2.05, 4.69) is 20.0 Å². The Kier molecular flexibility index (Phi) is 11.2. The number of fused-ring (bicyclic) bond motifs is 1. The van der Waals surface area contributed by atoms with Gasteiger partial charge < -0.3 is 39.5 Å². The van der Waals surface area contributed by atoms with Gasteiger partial charge in [-0.15, -0.1) is 0 Å². The molecule has 17 nitrogen and oxygen atoms in total. The number of carbonyl (C=O) groups excluding carboxylic acids is 2. The van der Waals surface area contributed by atoms with Crippen LogP contribution in [0.15, 0.2) is 6.33 Å². The molecule has 3 fully saturated rings. The summed E-state index contributed by atoms with van der Waals surface area (Å²) in [6, 6.07) is -2.16. The molecule has 47 heavy (non-hydrogen) atoms. The topological polar surface area (TPSA) is 223 Å². The highest BCUT2D eigenvalue weighted by atomic mass is 31.2. The maximum absolute atomic E-state index is 14.8. The summed E-state index contributed by atoms with van der Waals surface area (Å²) in [4.78, 5) is 44.7. The number of nitrogens with one attached hydrogen (secondary N) is 1. The van der Waals surface area contributed by atoms with Gasteiger partial charge >= 0.3 is 13.6 Å². The van der Waals surface area contributed by atoms with E-state index in [0.29, 0.717) is 19.1 Å². The highest BCUT2D eigenvalue weighted by Crippen LogP contribution is 2.51. The second kappa shape index (κ2) is 14.8. The molecule has 3 heterocycles. The summed E-state index contributed by atoms with van der Waals surface area (Å²) in [6.07, 6.45) is 4.99. The lowest BCUT2D eigenvalue weighted by Gasteiger charge is -2.36. The van der Waals surface area contributed by atoms with Gasteiger partial charge in [0.1, 0.15) is 36.2 Å². The van der Waals surface area contributed by atoms with Crippen LogP contribution in [0.2, 0.25) is 0 Å². The fourth-order valence-corrected chi connectivity index (χ4v) is 8.30. The van der Waals surface area contributed by atoms with E-state index in [1.165, 1.54) is 38.8 Å². The molecule has 7 atom stereocenters. The lowest BCUT2D eigenvalue weighted by atomic mass is 9.96. The summed E-state index contributed by atoms with van der Waals surface area (Å²) in [5.41, 5.74) is 4.37. The molecule has 1 saturated heterocycles. The zero-order valence-electron chi connectivity index (χ0n) is 27.2. The maximum atomic E-state index is 14.8. The number of rotatable bonds is 14. The minimum atomic E-state index is -4.39. The van der Waals surface area contributed by atoms with E-state index in [-0.39, 0.29) is 35.2 Å². The molecular weight excluding hydrogens is 637 g/mol. The molecule has 0 amide bonds. The van der Waals surface area contributed by atoms with Crippen LogP contribution in [0.3, 0.4) is 0 Å². The predicted molar refractivity (Wildman–Crippen MR) is 167 cm³/mol. The minimum absolute atomic E-state index is 0.107. The molecular formula is C29H46N7O10P. The third-order valence-corrected chi connectivity index (χ3v) is 11.1. The summed E-state index contributed by atoms with van der Waals surface area (Å²) in [5.74, 6) is -0.618. The first-order valence-corrected chi connectivity index (χ1v) is 17.7. The average Bonchev–Trinajstić information content (AvgIpc) is 3.77. The van der Waals surface area contributed by atoms with E-state index in [9.17, 15) is 24.4 Å². The van der Waals surface area contributed by atoms with Crippen LogP contribution in [0.25, 0.3) is 11.2 Å². The van der Waals surface area contributed by atoms with Crippen LogP contribution in [0, 0.1) is 0 Å². The van der Waals surface area contributed by atoms with Crippen molar-refractivity contribution in [3.63, 3.8) is 0 Å². The van der Waals surface area contributed by atoms with Crippen LogP contribution in [0.1, 0.15) is 84.8 Å². The van der Waals surface area contributed by atoms with Crippen molar-refractivity contribution >= 4 is 37.0 Å². The van der Waals surface area contributed by atoms with E-state index < -0.39 is 56.4 Å². The average molecular weight is 684 g/mol. The summed E-state index contributed by atoms with van der Waals surface area (Å²) < 4.78 is 39.2. The van der Waals surface area contributed by atoms with Gasteiger partial charge in [-0.2, -0.15) is 9.97 Å². The zero-order chi connectivity index (χ0) is 33.9. The van der Waals surface area contributed by atoms with Crippen LogP contribution in [-0.2, 0) is 33.0 Å². The molecule has 2 aromatic rings. The maximum Gasteiger partial charge on any atom is 0.367 e. The van der Waals surface area contributed by atoms with Crippen molar-refractivity contribution in [1.29, 1.82) is 0 Å². The normalized spacial score (nSPS) is 28.4. The van der Waals surface area contributed by atoms with Crippen molar-refractivity contribution in [2.24, 2.45) is 0 Å². The van der Waals surface area contributed by atoms with Gasteiger partial charge in [0, 0.05) is 0 Å². The number of aliphatic hydroxyl groups is 2. The Morgan fingerprint density at radius 2 is 1.87 bits per heavy atom. The predicted octanol–water partition coefficient (Wildman–Crippen LogP) is 2.17. The van der Waals surface area contributed by atoms with Crippen LogP contribution >= 0.6 is 7.67 Å². The number of imidazole rings is 1. The van der Waals surface area contributed by atoms with Crippen molar-refractivity contribution in [3.8, 4) is 5.88 Å². The number of aromatic nitrogens is 4. The third kappa shape index (κ3) is 7.62. The van der Waals surface area contributed by atoms with Crippen LogP contribution < -0.4 is 15.6 Å².